The fourth-order valence-electron chi connectivity index (χ4n) is 1.61. The van der Waals surface area contributed by atoms with Gasteiger partial charge in [-0.3, -0.25) is 0 Å². The predicted octanol–water partition coefficient (Wildman–Crippen LogP) is 2.67. The first kappa shape index (κ1) is 12.6. The zero-order valence-corrected chi connectivity index (χ0v) is 10.1. The minimum absolute atomic E-state index is 0.109. The second-order valence-corrected chi connectivity index (χ2v) is 3.88. The smallest absolute Gasteiger partial charge is 0.123 e. The van der Waals surface area contributed by atoms with E-state index in [4.69, 9.17) is 15.2 Å². The molecule has 0 bridgehead atoms. The van der Waals surface area contributed by atoms with Crippen LogP contribution in [-0.2, 0) is 0 Å². The number of hydrogen-bond acceptors (Lipinski definition) is 3. The van der Waals surface area contributed by atoms with Gasteiger partial charge in [0.1, 0.15) is 11.5 Å². The van der Waals surface area contributed by atoms with E-state index in [-0.39, 0.29) is 6.04 Å². The van der Waals surface area contributed by atoms with Crippen molar-refractivity contribution < 1.29 is 9.47 Å². The van der Waals surface area contributed by atoms with Crippen molar-refractivity contribution in [3.63, 3.8) is 0 Å². The van der Waals surface area contributed by atoms with Gasteiger partial charge in [-0.15, -0.1) is 6.58 Å². The van der Waals surface area contributed by atoms with Gasteiger partial charge in [-0.25, -0.2) is 0 Å². The molecular formula is C13H19NO2. The zero-order chi connectivity index (χ0) is 12.1. The maximum Gasteiger partial charge on any atom is 0.123 e. The van der Waals surface area contributed by atoms with E-state index in [0.29, 0.717) is 0 Å². The van der Waals surface area contributed by atoms with E-state index in [1.807, 2.05) is 25.1 Å². The van der Waals surface area contributed by atoms with E-state index in [2.05, 4.69) is 6.58 Å². The molecule has 1 aromatic carbocycles. The predicted molar refractivity (Wildman–Crippen MR) is 65.9 cm³/mol. The summed E-state index contributed by atoms with van der Waals surface area (Å²) in [5.74, 6) is 1.57. The minimum Gasteiger partial charge on any atom is -0.497 e. The molecule has 0 unspecified atom stereocenters. The maximum absolute atomic E-state index is 6.10. The highest BCUT2D eigenvalue weighted by molar-refractivity contribution is 5.42. The topological polar surface area (TPSA) is 44.5 Å². The van der Waals surface area contributed by atoms with Crippen LogP contribution in [0.3, 0.4) is 0 Å². The van der Waals surface area contributed by atoms with Crippen molar-refractivity contribution in [3.05, 3.63) is 35.9 Å². The fourth-order valence-corrected chi connectivity index (χ4v) is 1.61. The number of hydrogen-bond donors (Lipinski definition) is 1. The summed E-state index contributed by atoms with van der Waals surface area (Å²) < 4.78 is 10.5. The second-order valence-electron chi connectivity index (χ2n) is 3.88. The Morgan fingerprint density at radius 1 is 1.38 bits per heavy atom. The standard InChI is InChI=1S/C13H19NO2/c1-9(2)7-12(14)11-8-10(15-3)5-6-13(11)16-4/h5-6,8,12H,1,7,14H2,2-4H3/t12-/m0/s1. The van der Waals surface area contributed by atoms with Gasteiger partial charge in [-0.1, -0.05) is 5.57 Å². The summed E-state index contributed by atoms with van der Waals surface area (Å²) >= 11 is 0. The van der Waals surface area contributed by atoms with Crippen LogP contribution in [0, 0.1) is 0 Å². The summed E-state index contributed by atoms with van der Waals surface area (Å²) in [5, 5.41) is 0. The highest BCUT2D eigenvalue weighted by Crippen LogP contribution is 2.30. The van der Waals surface area contributed by atoms with Gasteiger partial charge in [-0.2, -0.15) is 0 Å². The highest BCUT2D eigenvalue weighted by atomic mass is 16.5. The number of methoxy groups -OCH3 is 2. The average Bonchev–Trinajstić information content (AvgIpc) is 2.27. The highest BCUT2D eigenvalue weighted by Gasteiger charge is 2.13. The molecule has 0 fully saturated rings. The molecule has 0 radical (unpaired) electrons. The normalized spacial score (nSPS) is 12.0. The minimum atomic E-state index is -0.109. The quantitative estimate of drug-likeness (QED) is 0.777. The molecule has 0 aromatic heterocycles. The number of benzene rings is 1. The molecule has 0 saturated heterocycles. The van der Waals surface area contributed by atoms with E-state index in [9.17, 15) is 0 Å². The third-order valence-electron chi connectivity index (χ3n) is 2.40. The Labute approximate surface area is 96.9 Å². The van der Waals surface area contributed by atoms with Crippen LogP contribution in [0.1, 0.15) is 24.9 Å². The Hall–Kier alpha value is -1.48. The first-order valence-electron chi connectivity index (χ1n) is 5.20. The van der Waals surface area contributed by atoms with Crippen molar-refractivity contribution in [2.24, 2.45) is 5.73 Å². The first-order chi connectivity index (χ1) is 7.58. The van der Waals surface area contributed by atoms with Crippen LogP contribution in [0.2, 0.25) is 0 Å². The molecule has 0 aliphatic heterocycles. The Kier molecular flexibility index (Phi) is 4.38. The molecule has 1 atom stereocenters. The average molecular weight is 221 g/mol. The molecule has 0 aliphatic rings. The molecular weight excluding hydrogens is 202 g/mol. The first-order valence-corrected chi connectivity index (χ1v) is 5.20. The molecule has 1 aromatic rings. The van der Waals surface area contributed by atoms with Gasteiger partial charge >= 0.3 is 0 Å². The molecule has 3 heteroatoms. The summed E-state index contributed by atoms with van der Waals surface area (Å²) in [7, 11) is 3.27. The van der Waals surface area contributed by atoms with E-state index in [1.165, 1.54) is 0 Å². The lowest BCUT2D eigenvalue weighted by Gasteiger charge is -2.16. The van der Waals surface area contributed by atoms with Gasteiger partial charge in [0.15, 0.2) is 0 Å². The number of rotatable bonds is 5. The van der Waals surface area contributed by atoms with Crippen molar-refractivity contribution in [1.29, 1.82) is 0 Å². The Balaban J connectivity index is 3.02. The van der Waals surface area contributed by atoms with Crippen LogP contribution < -0.4 is 15.2 Å². The van der Waals surface area contributed by atoms with E-state index in [1.54, 1.807) is 14.2 Å². The van der Waals surface area contributed by atoms with Gasteiger partial charge in [-0.05, 0) is 31.5 Å². The maximum atomic E-state index is 6.10. The van der Waals surface area contributed by atoms with Crippen molar-refractivity contribution in [2.45, 2.75) is 19.4 Å². The molecule has 0 saturated carbocycles. The molecule has 88 valence electrons. The molecule has 0 heterocycles. The summed E-state index contributed by atoms with van der Waals surface area (Å²) in [6, 6.07) is 5.52. The van der Waals surface area contributed by atoms with Gasteiger partial charge in [0, 0.05) is 11.6 Å². The fraction of sp³-hybridized carbons (Fsp3) is 0.385. The monoisotopic (exact) mass is 221 g/mol. The van der Waals surface area contributed by atoms with Gasteiger partial charge < -0.3 is 15.2 Å². The van der Waals surface area contributed by atoms with E-state index < -0.39 is 0 Å². The second kappa shape index (κ2) is 5.56. The molecule has 3 nitrogen and oxygen atoms in total. The van der Waals surface area contributed by atoms with Crippen LogP contribution in [-0.4, -0.2) is 14.2 Å². The van der Waals surface area contributed by atoms with Crippen molar-refractivity contribution in [1.82, 2.24) is 0 Å². The Morgan fingerprint density at radius 3 is 2.56 bits per heavy atom. The van der Waals surface area contributed by atoms with Crippen LogP contribution >= 0.6 is 0 Å². The Bertz CT molecular complexity index is 374. The van der Waals surface area contributed by atoms with Crippen molar-refractivity contribution in [2.75, 3.05) is 14.2 Å². The summed E-state index contributed by atoms with van der Waals surface area (Å²) in [6.07, 6.45) is 0.740. The SMILES string of the molecule is C=C(C)C[C@H](N)c1cc(OC)ccc1OC. The van der Waals surface area contributed by atoms with Crippen LogP contribution in [0.25, 0.3) is 0 Å². The summed E-state index contributed by atoms with van der Waals surface area (Å²) in [5.41, 5.74) is 8.10. The van der Waals surface area contributed by atoms with E-state index >= 15 is 0 Å². The molecule has 2 N–H and O–H groups in total. The molecule has 1 rings (SSSR count). The van der Waals surface area contributed by atoms with Crippen LogP contribution in [0.15, 0.2) is 30.4 Å². The lowest BCUT2D eigenvalue weighted by atomic mass is 10.00. The third kappa shape index (κ3) is 3.00. The Morgan fingerprint density at radius 2 is 2.06 bits per heavy atom. The lowest BCUT2D eigenvalue weighted by Crippen LogP contribution is -2.12. The zero-order valence-electron chi connectivity index (χ0n) is 10.1. The summed E-state index contributed by atoms with van der Waals surface area (Å²) in [4.78, 5) is 0. The van der Waals surface area contributed by atoms with Gasteiger partial charge in [0.25, 0.3) is 0 Å². The summed E-state index contributed by atoms with van der Waals surface area (Å²) in [6.45, 7) is 5.83. The van der Waals surface area contributed by atoms with Gasteiger partial charge in [0.05, 0.1) is 14.2 Å². The van der Waals surface area contributed by atoms with E-state index in [0.717, 1.165) is 29.1 Å². The number of nitrogens with two attached hydrogens (primary N) is 1. The van der Waals surface area contributed by atoms with Gasteiger partial charge in [0.2, 0.25) is 0 Å². The van der Waals surface area contributed by atoms with Crippen LogP contribution in [0.5, 0.6) is 11.5 Å². The van der Waals surface area contributed by atoms with Crippen LogP contribution in [0.4, 0.5) is 0 Å². The molecule has 0 spiro atoms. The molecule has 16 heavy (non-hydrogen) atoms. The number of ether oxygens (including phenoxy) is 2. The van der Waals surface area contributed by atoms with Crippen molar-refractivity contribution >= 4 is 0 Å². The molecule has 0 aliphatic carbocycles. The lowest BCUT2D eigenvalue weighted by molar-refractivity contribution is 0.395. The largest absolute Gasteiger partial charge is 0.497 e. The third-order valence-corrected chi connectivity index (χ3v) is 2.40. The molecule has 0 amide bonds. The van der Waals surface area contributed by atoms with Crippen molar-refractivity contribution in [3.8, 4) is 11.5 Å².